The number of unbranched alkanes of at least 4 members (excludes halogenated alkanes) is 1. The summed E-state index contributed by atoms with van der Waals surface area (Å²) in [6, 6.07) is 0. The lowest BCUT2D eigenvalue weighted by atomic mass is 9.43. The monoisotopic (exact) mass is 611 g/mol. The minimum atomic E-state index is -0.796. The molecule has 12 atom stereocenters. The number of fused-ring (bicyclic) bond motifs is 5. The normalized spacial score (nSPS) is 39.1. The van der Waals surface area contributed by atoms with Gasteiger partial charge >= 0.3 is 0 Å². The van der Waals surface area contributed by atoms with Gasteiger partial charge in [0.15, 0.2) is 0 Å². The zero-order chi connectivity index (χ0) is 32.1. The van der Waals surface area contributed by atoms with Crippen LogP contribution >= 0.6 is 0 Å². The number of aliphatic hydroxyl groups is 3. The van der Waals surface area contributed by atoms with E-state index in [0.717, 1.165) is 51.4 Å². The Hall–Kier alpha value is -2.57. The van der Waals surface area contributed by atoms with Crippen LogP contribution in [-0.4, -0.2) is 58.2 Å². The van der Waals surface area contributed by atoms with E-state index in [1.165, 1.54) is 6.08 Å². The number of amides is 2. The van der Waals surface area contributed by atoms with E-state index < -0.39 is 18.4 Å². The zero-order valence-corrected chi connectivity index (χ0v) is 26.7. The van der Waals surface area contributed by atoms with E-state index in [-0.39, 0.29) is 53.5 Å². The van der Waals surface area contributed by atoms with Crippen molar-refractivity contribution in [2.75, 3.05) is 6.54 Å². The van der Waals surface area contributed by atoms with E-state index >= 15 is 0 Å². The van der Waals surface area contributed by atoms with Crippen molar-refractivity contribution in [1.29, 1.82) is 0 Å². The highest BCUT2D eigenvalue weighted by Crippen LogP contribution is 2.68. The molecule has 5 N–H and O–H groups in total. The van der Waals surface area contributed by atoms with Crippen molar-refractivity contribution in [3.05, 3.63) is 22.6 Å². The Morgan fingerprint density at radius 1 is 1.07 bits per heavy atom. The van der Waals surface area contributed by atoms with E-state index in [1.54, 1.807) is 0 Å². The number of rotatable bonds is 12. The molecule has 0 heterocycles. The first-order valence-electron chi connectivity index (χ1n) is 16.7. The molecule has 10 nitrogen and oxygen atoms in total. The van der Waals surface area contributed by atoms with Gasteiger partial charge in [0, 0.05) is 17.8 Å². The first kappa shape index (κ1) is 34.3. The van der Waals surface area contributed by atoms with Gasteiger partial charge in [-0.1, -0.05) is 32.0 Å². The topological polar surface area (TPSA) is 168 Å². The van der Waals surface area contributed by atoms with Crippen molar-refractivity contribution < 1.29 is 24.9 Å². The zero-order valence-electron chi connectivity index (χ0n) is 26.7. The molecule has 4 rings (SSSR count). The molecule has 3 unspecified atom stereocenters. The third kappa shape index (κ3) is 7.12. The number of nitrogens with zero attached hydrogens (tertiary/aromatic N) is 3. The highest BCUT2D eigenvalue weighted by molar-refractivity contribution is 5.88. The summed E-state index contributed by atoms with van der Waals surface area (Å²) in [5.74, 6) is 3.61. The number of hydrogen-bond donors (Lipinski definition) is 5. The lowest BCUT2D eigenvalue weighted by Gasteiger charge is -2.63. The summed E-state index contributed by atoms with van der Waals surface area (Å²) >= 11 is 0. The average molecular weight is 612 g/mol. The molecule has 0 bridgehead atoms. The number of carbonyl (C=O) groups excluding carboxylic acids is 2. The highest BCUT2D eigenvalue weighted by Gasteiger charge is 2.65. The summed E-state index contributed by atoms with van der Waals surface area (Å²) in [4.78, 5) is 27.4. The summed E-state index contributed by atoms with van der Waals surface area (Å²) in [6.07, 6.45) is 15.4. The number of allylic oxidation sites excluding steroid dienone is 1. The predicted octanol–water partition coefficient (Wildman–Crippen LogP) is 4.59. The summed E-state index contributed by atoms with van der Waals surface area (Å²) in [5.41, 5.74) is 8.74. The van der Waals surface area contributed by atoms with Crippen molar-refractivity contribution in [3.63, 3.8) is 0 Å². The lowest BCUT2D eigenvalue weighted by Crippen LogP contribution is -2.64. The Morgan fingerprint density at radius 3 is 2.52 bits per heavy atom. The molecule has 4 aliphatic rings. The van der Waals surface area contributed by atoms with Crippen molar-refractivity contribution in [1.82, 2.24) is 10.6 Å². The molecular formula is C34H53N5O5. The molecule has 4 aliphatic carbocycles. The minimum absolute atomic E-state index is 0.0380. The molecule has 0 aromatic rings. The summed E-state index contributed by atoms with van der Waals surface area (Å²) in [7, 11) is 0. The second-order valence-corrected chi connectivity index (χ2v) is 14.6. The lowest BCUT2D eigenvalue weighted by molar-refractivity contribution is -0.223. The quantitative estimate of drug-likeness (QED) is 0.0413. The van der Waals surface area contributed by atoms with Crippen LogP contribution in [0, 0.1) is 58.7 Å². The Bertz CT molecular complexity index is 1150. The first-order chi connectivity index (χ1) is 21.0. The number of hydrogen-bond acceptors (Lipinski definition) is 6. The third-order valence-electron chi connectivity index (χ3n) is 12.2. The van der Waals surface area contributed by atoms with Gasteiger partial charge in [0.25, 0.3) is 0 Å². The summed E-state index contributed by atoms with van der Waals surface area (Å²) in [5, 5.41) is 42.0. The largest absolute Gasteiger partial charge is 0.393 e. The van der Waals surface area contributed by atoms with Crippen LogP contribution in [0.5, 0.6) is 0 Å². The van der Waals surface area contributed by atoms with Crippen LogP contribution in [0.2, 0.25) is 0 Å². The van der Waals surface area contributed by atoms with Crippen molar-refractivity contribution in [2.45, 2.75) is 122 Å². The molecule has 10 heteroatoms. The molecule has 44 heavy (non-hydrogen) atoms. The van der Waals surface area contributed by atoms with Crippen molar-refractivity contribution in [2.24, 2.45) is 51.5 Å². The van der Waals surface area contributed by atoms with Crippen LogP contribution in [0.25, 0.3) is 10.4 Å². The Kier molecular flexibility index (Phi) is 11.4. The molecule has 0 saturated heterocycles. The fraction of sp³-hybridized carbons (Fsp3) is 0.824. The SMILES string of the molecule is C#CCCCC(=O)NC(CN=[N+]=[N-])NC(=O)/C=C/CC[C@@H](C)[C@H]1CC[C@H]2[C@@H]3C(O)C(O)[C@@H]4C[C@H](O)CC[C@]4(C)[C@H]3CC[C@]12C. The predicted molar refractivity (Wildman–Crippen MR) is 168 cm³/mol. The van der Waals surface area contributed by atoms with Crippen LogP contribution in [0.3, 0.4) is 0 Å². The van der Waals surface area contributed by atoms with Crippen LogP contribution in [0.15, 0.2) is 17.3 Å². The van der Waals surface area contributed by atoms with E-state index in [2.05, 4.69) is 47.4 Å². The molecule has 0 aromatic heterocycles. The fourth-order valence-corrected chi connectivity index (χ4v) is 10.0. The number of azide groups is 1. The van der Waals surface area contributed by atoms with Gasteiger partial charge in [-0.25, -0.2) is 0 Å². The molecule has 4 saturated carbocycles. The van der Waals surface area contributed by atoms with Gasteiger partial charge < -0.3 is 26.0 Å². The number of aliphatic hydroxyl groups excluding tert-OH is 3. The van der Waals surface area contributed by atoms with E-state index in [0.29, 0.717) is 42.9 Å². The van der Waals surface area contributed by atoms with Gasteiger partial charge in [-0.2, -0.15) is 0 Å². The van der Waals surface area contributed by atoms with E-state index in [4.69, 9.17) is 12.0 Å². The molecule has 0 radical (unpaired) electrons. The molecule has 244 valence electrons. The number of nitrogens with one attached hydrogen (secondary N) is 2. The molecular weight excluding hydrogens is 558 g/mol. The van der Waals surface area contributed by atoms with E-state index in [1.807, 2.05) is 6.08 Å². The van der Waals surface area contributed by atoms with Gasteiger partial charge in [-0.05, 0) is 122 Å². The van der Waals surface area contributed by atoms with Crippen molar-refractivity contribution >= 4 is 11.8 Å². The number of carbonyl (C=O) groups is 2. The molecule has 0 aliphatic heterocycles. The third-order valence-corrected chi connectivity index (χ3v) is 12.2. The standard InChI is InChI=1S/C34H53N5O5/c1-5-6-7-11-28(41)37-27(20-36-39-35)38-29(42)12-9-8-10-21(2)23-13-14-24-30-25(16-18-33(23,24)3)34(4)17-15-22(40)19-26(34)31(43)32(30)44/h1,9,12,21-27,30-32,40,43-44H,6-8,10-11,13-20H2,2-4H3,(H,37,41)(H,38,42)/b12-9+/t21-,22-,23-,24+,25+,26+,27?,30+,31?,32?,33-,34-/m1/s1. The maximum atomic E-state index is 12.6. The van der Waals surface area contributed by atoms with Crippen LogP contribution in [0.1, 0.15) is 97.8 Å². The smallest absolute Gasteiger partial charge is 0.245 e. The van der Waals surface area contributed by atoms with Gasteiger partial charge in [-0.3, -0.25) is 9.59 Å². The minimum Gasteiger partial charge on any atom is -0.393 e. The van der Waals surface area contributed by atoms with Gasteiger partial charge in [0.1, 0.15) is 6.17 Å². The Balaban J connectivity index is 1.31. The molecule has 0 spiro atoms. The van der Waals surface area contributed by atoms with Crippen LogP contribution in [0.4, 0.5) is 0 Å². The van der Waals surface area contributed by atoms with Gasteiger partial charge in [0.2, 0.25) is 11.8 Å². The van der Waals surface area contributed by atoms with Gasteiger partial charge in [0.05, 0.1) is 24.9 Å². The Labute approximate surface area is 262 Å². The van der Waals surface area contributed by atoms with Crippen LogP contribution in [-0.2, 0) is 9.59 Å². The maximum absolute atomic E-state index is 12.6. The molecule has 4 fully saturated rings. The fourth-order valence-electron chi connectivity index (χ4n) is 10.0. The second-order valence-electron chi connectivity index (χ2n) is 14.6. The van der Waals surface area contributed by atoms with Gasteiger partial charge in [-0.15, -0.1) is 12.3 Å². The second kappa shape index (κ2) is 14.7. The number of terminal acetylenes is 1. The Morgan fingerprint density at radius 2 is 1.80 bits per heavy atom. The first-order valence-corrected chi connectivity index (χ1v) is 16.7. The molecule has 0 aromatic carbocycles. The average Bonchev–Trinajstić information content (AvgIpc) is 3.34. The maximum Gasteiger partial charge on any atom is 0.245 e. The van der Waals surface area contributed by atoms with Crippen LogP contribution < -0.4 is 10.6 Å². The summed E-state index contributed by atoms with van der Waals surface area (Å²) in [6.45, 7) is 6.93. The molecule has 2 amide bonds. The van der Waals surface area contributed by atoms with Crippen molar-refractivity contribution in [3.8, 4) is 12.3 Å². The highest BCUT2D eigenvalue weighted by atomic mass is 16.3. The van der Waals surface area contributed by atoms with E-state index in [9.17, 15) is 24.9 Å². The summed E-state index contributed by atoms with van der Waals surface area (Å²) < 4.78 is 0.